The van der Waals surface area contributed by atoms with Crippen LogP contribution in [0, 0.1) is 0 Å². The van der Waals surface area contributed by atoms with Gasteiger partial charge < -0.3 is 9.90 Å². The van der Waals surface area contributed by atoms with E-state index in [0.29, 0.717) is 6.42 Å². The number of carbonyl (C=O) groups is 2. The highest BCUT2D eigenvalue weighted by molar-refractivity contribution is 6.31. The minimum absolute atomic E-state index is 0.0856. The number of ketones is 1. The van der Waals surface area contributed by atoms with Crippen LogP contribution in [-0.2, 0) is 9.59 Å². The Morgan fingerprint density at radius 3 is 2.12 bits per heavy atom. The average molecular weight is 115 g/mol. The molecule has 0 aliphatic heterocycles. The highest BCUT2D eigenvalue weighted by atomic mass is 16.4. The molecular formula is C5H7O3-. The Morgan fingerprint density at radius 1 is 1.50 bits per heavy atom. The van der Waals surface area contributed by atoms with E-state index in [1.165, 1.54) is 0 Å². The summed E-state index contributed by atoms with van der Waals surface area (Å²) in [6.45, 7) is 1.74. The van der Waals surface area contributed by atoms with Gasteiger partial charge in [0.1, 0.15) is 5.97 Å². The topological polar surface area (TPSA) is 57.2 Å². The third-order valence-corrected chi connectivity index (χ3v) is 0.705. The Balaban J connectivity index is 3.49. The van der Waals surface area contributed by atoms with Crippen LogP contribution in [0.25, 0.3) is 0 Å². The van der Waals surface area contributed by atoms with Crippen molar-refractivity contribution in [3.05, 3.63) is 0 Å². The fourth-order valence-electron chi connectivity index (χ4n) is 0.329. The Bertz CT molecular complexity index is 106. The van der Waals surface area contributed by atoms with Crippen molar-refractivity contribution in [3.8, 4) is 0 Å². The smallest absolute Gasteiger partial charge is 0.178 e. The standard InChI is InChI=1S/C5H8O3/c1-2-3-4(6)5(7)8/h2-3H2,1H3,(H,7,8)/p-1. The summed E-state index contributed by atoms with van der Waals surface area (Å²) in [4.78, 5) is 19.7. The second-order valence-electron chi connectivity index (χ2n) is 1.46. The third kappa shape index (κ3) is 2.34. The molecule has 0 unspecified atom stereocenters. The second-order valence-corrected chi connectivity index (χ2v) is 1.46. The third-order valence-electron chi connectivity index (χ3n) is 0.705. The summed E-state index contributed by atoms with van der Waals surface area (Å²) in [6.07, 6.45) is 0.648. The number of carboxylic acid groups (broad SMARTS) is 1. The number of rotatable bonds is 3. The van der Waals surface area contributed by atoms with E-state index in [9.17, 15) is 14.7 Å². The summed E-state index contributed by atoms with van der Waals surface area (Å²) in [6, 6.07) is 0. The molecule has 0 atom stereocenters. The Labute approximate surface area is 47.3 Å². The van der Waals surface area contributed by atoms with Crippen LogP contribution in [-0.4, -0.2) is 11.8 Å². The summed E-state index contributed by atoms with van der Waals surface area (Å²) < 4.78 is 0. The first-order valence-corrected chi connectivity index (χ1v) is 2.42. The number of aliphatic carboxylic acids is 1. The van der Waals surface area contributed by atoms with Crippen molar-refractivity contribution in [2.24, 2.45) is 0 Å². The number of carbonyl (C=O) groups excluding carboxylic acids is 2. The van der Waals surface area contributed by atoms with Gasteiger partial charge in [-0.25, -0.2) is 0 Å². The van der Waals surface area contributed by atoms with Crippen LogP contribution < -0.4 is 5.11 Å². The van der Waals surface area contributed by atoms with E-state index in [4.69, 9.17) is 0 Å². The van der Waals surface area contributed by atoms with E-state index in [1.807, 2.05) is 0 Å². The first-order valence-electron chi connectivity index (χ1n) is 2.42. The molecule has 8 heavy (non-hydrogen) atoms. The molecule has 0 rings (SSSR count). The lowest BCUT2D eigenvalue weighted by Crippen LogP contribution is -2.31. The molecule has 0 aromatic heterocycles. The maximum Gasteiger partial charge on any atom is 0.178 e. The van der Waals surface area contributed by atoms with Crippen molar-refractivity contribution >= 4 is 11.8 Å². The lowest BCUT2D eigenvalue weighted by Gasteiger charge is -1.95. The molecule has 0 aromatic rings. The zero-order chi connectivity index (χ0) is 6.57. The minimum Gasteiger partial charge on any atom is -0.542 e. The molecular weight excluding hydrogens is 108 g/mol. The normalized spacial score (nSPS) is 8.62. The number of hydrogen-bond donors (Lipinski definition) is 0. The quantitative estimate of drug-likeness (QED) is 0.448. The molecule has 3 heteroatoms. The molecule has 0 bridgehead atoms. The van der Waals surface area contributed by atoms with Crippen molar-refractivity contribution in [2.75, 3.05) is 0 Å². The molecule has 0 spiro atoms. The molecule has 0 radical (unpaired) electrons. The lowest BCUT2D eigenvalue weighted by molar-refractivity contribution is -0.300. The largest absolute Gasteiger partial charge is 0.542 e. The van der Waals surface area contributed by atoms with E-state index in [1.54, 1.807) is 6.92 Å². The summed E-state index contributed by atoms with van der Waals surface area (Å²) in [5.74, 6) is -2.39. The minimum atomic E-state index is -1.58. The van der Waals surface area contributed by atoms with Gasteiger partial charge in [0.05, 0.1) is 0 Å². The summed E-state index contributed by atoms with van der Waals surface area (Å²) in [5, 5.41) is 9.63. The van der Waals surface area contributed by atoms with Gasteiger partial charge in [0, 0.05) is 6.42 Å². The van der Waals surface area contributed by atoms with Gasteiger partial charge in [0.15, 0.2) is 5.78 Å². The second kappa shape index (κ2) is 3.18. The van der Waals surface area contributed by atoms with E-state index < -0.39 is 11.8 Å². The summed E-state index contributed by atoms with van der Waals surface area (Å²) in [5.41, 5.74) is 0. The molecule has 0 N–H and O–H groups in total. The van der Waals surface area contributed by atoms with Crippen LogP contribution in [0.2, 0.25) is 0 Å². The number of carboxylic acids is 1. The first kappa shape index (κ1) is 7.14. The average Bonchev–Trinajstić information content (AvgIpc) is 1.67. The van der Waals surface area contributed by atoms with Gasteiger partial charge in [0.25, 0.3) is 0 Å². The summed E-state index contributed by atoms with van der Waals surface area (Å²) >= 11 is 0. The molecule has 0 aliphatic rings. The van der Waals surface area contributed by atoms with E-state index in [2.05, 4.69) is 0 Å². The van der Waals surface area contributed by atoms with Crippen molar-refractivity contribution in [1.29, 1.82) is 0 Å². The molecule has 0 amide bonds. The predicted molar refractivity (Wildman–Crippen MR) is 24.9 cm³/mol. The Hall–Kier alpha value is -0.860. The monoisotopic (exact) mass is 115 g/mol. The maximum absolute atomic E-state index is 10.1. The van der Waals surface area contributed by atoms with Gasteiger partial charge >= 0.3 is 0 Å². The van der Waals surface area contributed by atoms with Gasteiger partial charge in [-0.3, -0.25) is 4.79 Å². The van der Waals surface area contributed by atoms with E-state index in [0.717, 1.165) is 0 Å². The molecule has 46 valence electrons. The zero-order valence-corrected chi connectivity index (χ0v) is 4.64. The Morgan fingerprint density at radius 2 is 2.00 bits per heavy atom. The van der Waals surface area contributed by atoms with Crippen LogP contribution in [0.1, 0.15) is 19.8 Å². The molecule has 0 aromatic carbocycles. The molecule has 0 saturated carbocycles. The van der Waals surface area contributed by atoms with E-state index >= 15 is 0 Å². The molecule has 0 saturated heterocycles. The van der Waals surface area contributed by atoms with E-state index in [-0.39, 0.29) is 6.42 Å². The first-order chi connectivity index (χ1) is 3.68. The van der Waals surface area contributed by atoms with Crippen molar-refractivity contribution < 1.29 is 14.7 Å². The SMILES string of the molecule is CCCC(=O)C(=O)[O-]. The van der Waals surface area contributed by atoms with Crippen molar-refractivity contribution in [2.45, 2.75) is 19.8 Å². The van der Waals surface area contributed by atoms with Crippen LogP contribution in [0.15, 0.2) is 0 Å². The molecule has 0 aliphatic carbocycles. The molecule has 3 nitrogen and oxygen atoms in total. The predicted octanol–water partition coefficient (Wildman–Crippen LogP) is -0.895. The molecule has 0 heterocycles. The van der Waals surface area contributed by atoms with Crippen LogP contribution in [0.5, 0.6) is 0 Å². The van der Waals surface area contributed by atoms with Crippen molar-refractivity contribution in [1.82, 2.24) is 0 Å². The lowest BCUT2D eigenvalue weighted by atomic mass is 10.2. The van der Waals surface area contributed by atoms with Crippen LogP contribution in [0.4, 0.5) is 0 Å². The zero-order valence-electron chi connectivity index (χ0n) is 4.64. The van der Waals surface area contributed by atoms with Gasteiger partial charge in [-0.1, -0.05) is 6.92 Å². The van der Waals surface area contributed by atoms with Gasteiger partial charge in [-0.15, -0.1) is 0 Å². The van der Waals surface area contributed by atoms with Crippen molar-refractivity contribution in [3.63, 3.8) is 0 Å². The Kier molecular flexibility index (Phi) is 2.84. The maximum atomic E-state index is 10.1. The fourth-order valence-corrected chi connectivity index (χ4v) is 0.329. The number of hydrogen-bond acceptors (Lipinski definition) is 3. The van der Waals surface area contributed by atoms with Crippen LogP contribution >= 0.6 is 0 Å². The number of Topliss-reactive ketones (excluding diaryl/α,β-unsaturated/α-hetero) is 1. The molecule has 0 fully saturated rings. The van der Waals surface area contributed by atoms with Gasteiger partial charge in [-0.2, -0.15) is 0 Å². The van der Waals surface area contributed by atoms with Gasteiger partial charge in [-0.05, 0) is 6.42 Å². The van der Waals surface area contributed by atoms with Gasteiger partial charge in [0.2, 0.25) is 0 Å². The highest BCUT2D eigenvalue weighted by Gasteiger charge is 1.97. The fraction of sp³-hybridized carbons (Fsp3) is 0.600. The summed E-state index contributed by atoms with van der Waals surface area (Å²) in [7, 11) is 0. The highest BCUT2D eigenvalue weighted by Crippen LogP contribution is 1.85. The van der Waals surface area contributed by atoms with Crippen LogP contribution in [0.3, 0.4) is 0 Å².